The Morgan fingerprint density at radius 3 is 3.00 bits per heavy atom. The molecule has 1 heterocycles. The zero-order chi connectivity index (χ0) is 9.97. The predicted octanol–water partition coefficient (Wildman–Crippen LogP) is 2.53. The fraction of sp³-hybridized carbons (Fsp3) is 0. The van der Waals surface area contributed by atoms with Gasteiger partial charge in [0, 0.05) is 11.5 Å². The minimum absolute atomic E-state index is 0.762. The number of fused-ring (bicyclic) bond motifs is 1. The highest BCUT2D eigenvalue weighted by molar-refractivity contribution is 5.92. The molecule has 2 rings (SSSR count). The first-order valence-corrected chi connectivity index (χ1v) is 4.14. The van der Waals surface area contributed by atoms with Crippen LogP contribution in [0.3, 0.4) is 0 Å². The normalized spacial score (nSPS) is 11.1. The van der Waals surface area contributed by atoms with Crippen molar-refractivity contribution in [3.8, 4) is 0 Å². The van der Waals surface area contributed by atoms with Crippen LogP contribution in [0.1, 0.15) is 5.56 Å². The van der Waals surface area contributed by atoms with Gasteiger partial charge >= 0.3 is 5.97 Å². The van der Waals surface area contributed by atoms with Gasteiger partial charge in [-0.15, -0.1) is 0 Å². The van der Waals surface area contributed by atoms with E-state index < -0.39 is 5.97 Å². The third-order valence-electron chi connectivity index (χ3n) is 1.94. The number of hydrogen-bond donors (Lipinski definition) is 1. The van der Waals surface area contributed by atoms with E-state index in [0.717, 1.165) is 22.6 Å². The number of hydrogen-bond acceptors (Lipinski definition) is 2. The van der Waals surface area contributed by atoms with Gasteiger partial charge in [-0.05, 0) is 23.8 Å². The van der Waals surface area contributed by atoms with Crippen LogP contribution in [0.4, 0.5) is 0 Å². The third-order valence-corrected chi connectivity index (χ3v) is 1.94. The standard InChI is InChI=1S/C11H8O3/c12-11(13)5-4-8-2-1-3-10-9(8)6-7-14-10/h1-7H,(H,12,13). The van der Waals surface area contributed by atoms with Crippen LogP contribution in [0.25, 0.3) is 17.0 Å². The van der Waals surface area contributed by atoms with Crippen LogP contribution >= 0.6 is 0 Å². The molecule has 2 aromatic rings. The van der Waals surface area contributed by atoms with Gasteiger partial charge < -0.3 is 9.52 Å². The molecule has 0 radical (unpaired) electrons. The number of carboxylic acid groups (broad SMARTS) is 1. The van der Waals surface area contributed by atoms with E-state index in [-0.39, 0.29) is 0 Å². The van der Waals surface area contributed by atoms with Gasteiger partial charge in [0.1, 0.15) is 5.58 Å². The van der Waals surface area contributed by atoms with Gasteiger partial charge in [-0.25, -0.2) is 4.79 Å². The van der Waals surface area contributed by atoms with Crippen molar-refractivity contribution in [3.05, 3.63) is 42.2 Å². The lowest BCUT2D eigenvalue weighted by molar-refractivity contribution is -0.131. The second kappa shape index (κ2) is 3.38. The van der Waals surface area contributed by atoms with Crippen LogP contribution in [0.5, 0.6) is 0 Å². The van der Waals surface area contributed by atoms with Gasteiger partial charge in [0.15, 0.2) is 0 Å². The molecule has 0 atom stereocenters. The summed E-state index contributed by atoms with van der Waals surface area (Å²) in [5, 5.41) is 9.41. The summed E-state index contributed by atoms with van der Waals surface area (Å²) in [7, 11) is 0. The molecule has 0 aliphatic heterocycles. The van der Waals surface area contributed by atoms with Crippen molar-refractivity contribution in [2.45, 2.75) is 0 Å². The van der Waals surface area contributed by atoms with Crippen molar-refractivity contribution < 1.29 is 14.3 Å². The summed E-state index contributed by atoms with van der Waals surface area (Å²) in [6.45, 7) is 0. The van der Waals surface area contributed by atoms with Crippen LogP contribution in [-0.2, 0) is 4.79 Å². The monoisotopic (exact) mass is 188 g/mol. The van der Waals surface area contributed by atoms with Crippen molar-refractivity contribution in [1.29, 1.82) is 0 Å². The molecule has 0 aliphatic carbocycles. The Morgan fingerprint density at radius 1 is 1.36 bits per heavy atom. The SMILES string of the molecule is O=C(O)C=Cc1cccc2occc12. The van der Waals surface area contributed by atoms with Gasteiger partial charge in [-0.1, -0.05) is 12.1 Å². The fourth-order valence-electron chi connectivity index (χ4n) is 1.32. The molecule has 0 saturated heterocycles. The molecule has 0 spiro atoms. The maximum Gasteiger partial charge on any atom is 0.328 e. The highest BCUT2D eigenvalue weighted by Crippen LogP contribution is 2.20. The Bertz CT molecular complexity index is 494. The molecule has 0 bridgehead atoms. The van der Waals surface area contributed by atoms with E-state index in [9.17, 15) is 4.79 Å². The Labute approximate surface area is 80.3 Å². The van der Waals surface area contributed by atoms with Crippen LogP contribution in [-0.4, -0.2) is 11.1 Å². The molecule has 0 amide bonds. The molecular formula is C11H8O3. The maximum atomic E-state index is 10.3. The summed E-state index contributed by atoms with van der Waals surface area (Å²) in [5.74, 6) is -0.953. The van der Waals surface area contributed by atoms with Gasteiger partial charge in [-0.2, -0.15) is 0 Å². The Morgan fingerprint density at radius 2 is 2.21 bits per heavy atom. The summed E-state index contributed by atoms with van der Waals surface area (Å²) >= 11 is 0. The van der Waals surface area contributed by atoms with Crippen molar-refractivity contribution in [2.24, 2.45) is 0 Å². The molecule has 0 fully saturated rings. The number of furan rings is 1. The highest BCUT2D eigenvalue weighted by Gasteiger charge is 1.99. The molecule has 3 nitrogen and oxygen atoms in total. The predicted molar refractivity (Wildman–Crippen MR) is 52.9 cm³/mol. The minimum atomic E-state index is -0.953. The second-order valence-electron chi connectivity index (χ2n) is 2.85. The van der Waals surface area contributed by atoms with E-state index in [1.807, 2.05) is 24.3 Å². The smallest absolute Gasteiger partial charge is 0.328 e. The van der Waals surface area contributed by atoms with E-state index in [0.29, 0.717) is 0 Å². The lowest BCUT2D eigenvalue weighted by Gasteiger charge is -1.93. The van der Waals surface area contributed by atoms with Gasteiger partial charge in [0.05, 0.1) is 6.26 Å². The number of rotatable bonds is 2. The molecule has 0 saturated carbocycles. The second-order valence-corrected chi connectivity index (χ2v) is 2.85. The van der Waals surface area contributed by atoms with Gasteiger partial charge in [0.25, 0.3) is 0 Å². The first-order valence-electron chi connectivity index (χ1n) is 4.14. The molecule has 1 aromatic heterocycles. The van der Waals surface area contributed by atoms with Crippen LogP contribution in [0.15, 0.2) is 41.0 Å². The summed E-state index contributed by atoms with van der Waals surface area (Å²) in [6, 6.07) is 7.33. The summed E-state index contributed by atoms with van der Waals surface area (Å²) in [4.78, 5) is 10.3. The fourth-order valence-corrected chi connectivity index (χ4v) is 1.32. The van der Waals surface area contributed by atoms with Gasteiger partial charge in [-0.3, -0.25) is 0 Å². The molecule has 70 valence electrons. The molecule has 1 N–H and O–H groups in total. The molecule has 0 aliphatic rings. The molecule has 3 heteroatoms. The summed E-state index contributed by atoms with van der Waals surface area (Å²) in [6.07, 6.45) is 4.25. The van der Waals surface area contributed by atoms with Crippen molar-refractivity contribution in [2.75, 3.05) is 0 Å². The Kier molecular flexibility index (Phi) is 2.07. The van der Waals surface area contributed by atoms with Crippen molar-refractivity contribution in [3.63, 3.8) is 0 Å². The largest absolute Gasteiger partial charge is 0.478 e. The number of carbonyl (C=O) groups is 1. The maximum absolute atomic E-state index is 10.3. The zero-order valence-corrected chi connectivity index (χ0v) is 7.31. The quantitative estimate of drug-likeness (QED) is 0.736. The average molecular weight is 188 g/mol. The van der Waals surface area contributed by atoms with E-state index in [1.54, 1.807) is 12.3 Å². The van der Waals surface area contributed by atoms with Crippen molar-refractivity contribution in [1.82, 2.24) is 0 Å². The van der Waals surface area contributed by atoms with Crippen LogP contribution in [0, 0.1) is 0 Å². The third kappa shape index (κ3) is 1.52. The average Bonchev–Trinajstić information content (AvgIpc) is 2.62. The summed E-state index contributed by atoms with van der Waals surface area (Å²) in [5.41, 5.74) is 1.61. The number of aliphatic carboxylic acids is 1. The lowest BCUT2D eigenvalue weighted by Crippen LogP contribution is -1.85. The topological polar surface area (TPSA) is 50.4 Å². The van der Waals surface area contributed by atoms with Crippen LogP contribution < -0.4 is 0 Å². The minimum Gasteiger partial charge on any atom is -0.478 e. The number of carboxylic acids is 1. The van der Waals surface area contributed by atoms with Gasteiger partial charge in [0.2, 0.25) is 0 Å². The van der Waals surface area contributed by atoms with Crippen molar-refractivity contribution >= 4 is 23.0 Å². The molecule has 0 unspecified atom stereocenters. The van der Waals surface area contributed by atoms with E-state index in [1.165, 1.54) is 0 Å². The summed E-state index contributed by atoms with van der Waals surface area (Å²) < 4.78 is 5.18. The first-order chi connectivity index (χ1) is 6.77. The van der Waals surface area contributed by atoms with E-state index in [4.69, 9.17) is 9.52 Å². The molecular weight excluding hydrogens is 180 g/mol. The van der Waals surface area contributed by atoms with E-state index in [2.05, 4.69) is 0 Å². The lowest BCUT2D eigenvalue weighted by atomic mass is 10.1. The van der Waals surface area contributed by atoms with Crippen LogP contribution in [0.2, 0.25) is 0 Å². The number of benzene rings is 1. The van der Waals surface area contributed by atoms with E-state index >= 15 is 0 Å². The first kappa shape index (κ1) is 8.56. The molecule has 14 heavy (non-hydrogen) atoms. The Hall–Kier alpha value is -2.03. The highest BCUT2D eigenvalue weighted by atomic mass is 16.4. The Balaban J connectivity index is 2.51. The zero-order valence-electron chi connectivity index (χ0n) is 7.31. The molecule has 1 aromatic carbocycles.